The first-order valence-corrected chi connectivity index (χ1v) is 14.3. The molecular weight excluding hydrogens is 506 g/mol. The second-order valence-corrected chi connectivity index (χ2v) is 11.5. The number of rotatable bonds is 3. The fourth-order valence-corrected chi connectivity index (χ4v) is 7.07. The third-order valence-electron chi connectivity index (χ3n) is 7.73. The highest BCUT2D eigenvalue weighted by Gasteiger charge is 2.20. The van der Waals surface area contributed by atoms with E-state index in [0.717, 1.165) is 33.5 Å². The molecule has 4 heteroatoms. The Morgan fingerprint density at radius 3 is 1.82 bits per heavy atom. The lowest BCUT2D eigenvalue weighted by atomic mass is 10.1. The van der Waals surface area contributed by atoms with Gasteiger partial charge in [0.1, 0.15) is 0 Å². The zero-order valence-corrected chi connectivity index (χ0v) is 23.0. The predicted molar refractivity (Wildman–Crippen MR) is 170 cm³/mol. The Morgan fingerprint density at radius 2 is 1.15 bits per heavy atom. The van der Waals surface area contributed by atoms with E-state index < -0.39 is 0 Å². The van der Waals surface area contributed by atoms with Crippen molar-refractivity contribution in [2.45, 2.75) is 13.8 Å². The number of thiophene rings is 1. The second kappa shape index (κ2) is 8.87. The summed E-state index contributed by atoms with van der Waals surface area (Å²) in [6, 6.07) is 40.8. The van der Waals surface area contributed by atoms with Gasteiger partial charge in [-0.1, -0.05) is 90.0 Å². The van der Waals surface area contributed by atoms with Gasteiger partial charge >= 0.3 is 0 Å². The number of fused-ring (bicyclic) bond motifs is 7. The van der Waals surface area contributed by atoms with Crippen LogP contribution < -0.4 is 0 Å². The highest BCUT2D eigenvalue weighted by molar-refractivity contribution is 7.26. The molecule has 8 aromatic rings. The molecule has 0 aliphatic carbocycles. The molecule has 0 saturated heterocycles. The first-order valence-electron chi connectivity index (χ1n) is 13.5. The normalized spacial score (nSPS) is 11.8. The predicted octanol–water partition coefficient (Wildman–Crippen LogP) is 9.89. The van der Waals surface area contributed by atoms with Gasteiger partial charge in [-0.2, -0.15) is 0 Å². The molecule has 40 heavy (non-hydrogen) atoms. The number of hydrogen-bond acceptors (Lipinski definition) is 3. The maximum absolute atomic E-state index is 5.18. The van der Waals surface area contributed by atoms with E-state index in [2.05, 4.69) is 122 Å². The van der Waals surface area contributed by atoms with Crippen LogP contribution >= 0.6 is 11.3 Å². The van der Waals surface area contributed by atoms with E-state index >= 15 is 0 Å². The van der Waals surface area contributed by atoms with Crippen molar-refractivity contribution in [3.05, 3.63) is 126 Å². The van der Waals surface area contributed by atoms with Gasteiger partial charge in [0.2, 0.25) is 5.95 Å². The summed E-state index contributed by atoms with van der Waals surface area (Å²) in [6.45, 7) is 4.33. The molecule has 0 N–H and O–H groups in total. The minimum absolute atomic E-state index is 0.681. The van der Waals surface area contributed by atoms with E-state index in [1.807, 2.05) is 23.5 Å². The van der Waals surface area contributed by atoms with Crippen molar-refractivity contribution >= 4 is 53.3 Å². The zero-order chi connectivity index (χ0) is 26.8. The molecule has 0 aliphatic heterocycles. The number of hydrogen-bond donors (Lipinski definition) is 0. The summed E-state index contributed by atoms with van der Waals surface area (Å²) in [7, 11) is 0. The topological polar surface area (TPSA) is 30.7 Å². The average Bonchev–Trinajstić information content (AvgIpc) is 3.52. The number of benzene rings is 5. The first kappa shape index (κ1) is 23.1. The Kier molecular flexibility index (Phi) is 5.13. The zero-order valence-electron chi connectivity index (χ0n) is 22.2. The van der Waals surface area contributed by atoms with Crippen molar-refractivity contribution in [3.63, 3.8) is 0 Å². The third-order valence-corrected chi connectivity index (χ3v) is 8.93. The Bertz CT molecular complexity index is 2170. The Hall–Kier alpha value is -4.80. The van der Waals surface area contributed by atoms with Crippen LogP contribution in [-0.2, 0) is 0 Å². The van der Waals surface area contributed by atoms with Crippen LogP contribution in [0, 0.1) is 13.8 Å². The molecule has 0 fully saturated rings. The molecule has 0 spiro atoms. The molecule has 0 radical (unpaired) electrons. The molecule has 5 aromatic carbocycles. The van der Waals surface area contributed by atoms with Gasteiger partial charge in [0.15, 0.2) is 0 Å². The summed E-state index contributed by atoms with van der Waals surface area (Å²) in [6.07, 6.45) is 0. The van der Waals surface area contributed by atoms with E-state index in [4.69, 9.17) is 9.97 Å². The number of nitrogens with zero attached hydrogens (tertiary/aromatic N) is 3. The van der Waals surface area contributed by atoms with Gasteiger partial charge in [0.05, 0.1) is 22.4 Å². The largest absolute Gasteiger partial charge is 0.278 e. The maximum atomic E-state index is 5.18. The lowest BCUT2D eigenvalue weighted by Gasteiger charge is -2.12. The van der Waals surface area contributed by atoms with Crippen LogP contribution in [0.15, 0.2) is 115 Å². The van der Waals surface area contributed by atoms with E-state index in [0.29, 0.717) is 5.95 Å². The Balaban J connectivity index is 1.50. The van der Waals surface area contributed by atoms with E-state index in [9.17, 15) is 0 Å². The molecule has 0 bridgehead atoms. The molecule has 0 atom stereocenters. The van der Waals surface area contributed by atoms with Crippen molar-refractivity contribution < 1.29 is 0 Å². The summed E-state index contributed by atoms with van der Waals surface area (Å²) < 4.78 is 4.88. The monoisotopic (exact) mass is 531 g/mol. The van der Waals surface area contributed by atoms with Gasteiger partial charge in [-0.15, -0.1) is 11.3 Å². The fraction of sp³-hybridized carbons (Fsp3) is 0.0556. The van der Waals surface area contributed by atoms with E-state index in [1.165, 1.54) is 42.1 Å². The van der Waals surface area contributed by atoms with Gasteiger partial charge in [-0.25, -0.2) is 9.97 Å². The Labute approximate surface area is 236 Å². The van der Waals surface area contributed by atoms with Crippen LogP contribution in [0.3, 0.4) is 0 Å². The molecule has 0 saturated carbocycles. The molecule has 0 amide bonds. The van der Waals surface area contributed by atoms with Crippen LogP contribution in [0.5, 0.6) is 0 Å². The van der Waals surface area contributed by atoms with Crippen LogP contribution in [0.25, 0.3) is 70.4 Å². The van der Waals surface area contributed by atoms with Crippen LogP contribution in [0.2, 0.25) is 0 Å². The van der Waals surface area contributed by atoms with Crippen LogP contribution in [-0.4, -0.2) is 14.5 Å². The van der Waals surface area contributed by atoms with Gasteiger partial charge in [0.25, 0.3) is 0 Å². The molecule has 3 heterocycles. The van der Waals surface area contributed by atoms with Gasteiger partial charge < -0.3 is 0 Å². The quantitative estimate of drug-likeness (QED) is 0.227. The lowest BCUT2D eigenvalue weighted by Crippen LogP contribution is -2.04. The van der Waals surface area contributed by atoms with E-state index in [1.54, 1.807) is 0 Å². The van der Waals surface area contributed by atoms with E-state index in [-0.39, 0.29) is 0 Å². The summed E-state index contributed by atoms with van der Waals surface area (Å²) in [5.74, 6) is 0.681. The molecule has 0 unspecified atom stereocenters. The molecular formula is C36H25N3S. The van der Waals surface area contributed by atoms with Crippen LogP contribution in [0.4, 0.5) is 0 Å². The van der Waals surface area contributed by atoms with Gasteiger partial charge in [-0.05, 0) is 50.2 Å². The molecule has 3 aromatic heterocycles. The van der Waals surface area contributed by atoms with Crippen molar-refractivity contribution in [2.24, 2.45) is 0 Å². The highest BCUT2D eigenvalue weighted by Crippen LogP contribution is 2.43. The molecule has 0 aliphatic rings. The van der Waals surface area contributed by atoms with Crippen molar-refractivity contribution in [2.75, 3.05) is 0 Å². The molecule has 8 rings (SSSR count). The van der Waals surface area contributed by atoms with Crippen molar-refractivity contribution in [3.8, 4) is 28.5 Å². The summed E-state index contributed by atoms with van der Waals surface area (Å²) in [4.78, 5) is 10.4. The summed E-state index contributed by atoms with van der Waals surface area (Å²) in [5.41, 5.74) is 8.72. The number of aromatic nitrogens is 3. The van der Waals surface area contributed by atoms with Gasteiger partial charge in [-0.3, -0.25) is 4.57 Å². The number of aryl methyl sites for hydroxylation is 2. The first-order chi connectivity index (χ1) is 19.6. The molecule has 190 valence electrons. The third kappa shape index (κ3) is 3.57. The SMILES string of the molecule is Cc1ccc2sc3c(ccc4c3c3cc(C)ccc3n4-c3nc(-c4ccccc4)cc(-c4ccccc4)n3)c2c1. The van der Waals surface area contributed by atoms with Crippen molar-refractivity contribution in [1.29, 1.82) is 0 Å². The standard InChI is InChI=1S/C36H25N3S/c1-22-13-16-31-28(20-22)34-32(17-15-26-27-19-23(2)14-18-33(27)40-35(26)34)39(31)36-37-29(24-9-5-3-6-10-24)21-30(38-36)25-11-7-4-8-12-25/h3-21H,1-2H3. The lowest BCUT2D eigenvalue weighted by molar-refractivity contribution is 0.996. The maximum Gasteiger partial charge on any atom is 0.235 e. The minimum atomic E-state index is 0.681. The van der Waals surface area contributed by atoms with Gasteiger partial charge in [0, 0.05) is 42.1 Å². The highest BCUT2D eigenvalue weighted by atomic mass is 32.1. The van der Waals surface area contributed by atoms with Crippen molar-refractivity contribution in [1.82, 2.24) is 14.5 Å². The summed E-state index contributed by atoms with van der Waals surface area (Å²) >= 11 is 1.87. The van der Waals surface area contributed by atoms with Crippen LogP contribution in [0.1, 0.15) is 11.1 Å². The smallest absolute Gasteiger partial charge is 0.235 e. The minimum Gasteiger partial charge on any atom is -0.278 e. The Morgan fingerprint density at radius 1 is 0.550 bits per heavy atom. The molecule has 3 nitrogen and oxygen atoms in total. The second-order valence-electron chi connectivity index (χ2n) is 10.5. The summed E-state index contributed by atoms with van der Waals surface area (Å²) in [5, 5.41) is 5.13. The fourth-order valence-electron chi connectivity index (χ4n) is 5.83. The average molecular weight is 532 g/mol.